The van der Waals surface area contributed by atoms with Crippen molar-refractivity contribution in [1.29, 1.82) is 0 Å². The lowest BCUT2D eigenvalue weighted by Gasteiger charge is -2.16. The largest absolute Gasteiger partial charge is 0.493 e. The van der Waals surface area contributed by atoms with Gasteiger partial charge < -0.3 is 29.1 Å². The minimum absolute atomic E-state index is 0.552. The second kappa shape index (κ2) is 11.9. The van der Waals surface area contributed by atoms with Crippen molar-refractivity contribution >= 4 is 13.7 Å². The van der Waals surface area contributed by atoms with Crippen LogP contribution in [0.25, 0.3) is 0 Å². The highest BCUT2D eigenvalue weighted by Crippen LogP contribution is 2.29. The Bertz CT molecular complexity index is 892. The summed E-state index contributed by atoms with van der Waals surface area (Å²) in [6.45, 7) is 5.08. The lowest BCUT2D eigenvalue weighted by molar-refractivity contribution is 0.275. The monoisotopic (exact) mass is 450 g/mol. The number of hydrogen-bond donors (Lipinski definition) is 3. The van der Waals surface area contributed by atoms with Crippen molar-refractivity contribution in [2.75, 3.05) is 33.9 Å². The van der Waals surface area contributed by atoms with Gasteiger partial charge in [-0.15, -0.1) is 0 Å². The highest BCUT2D eigenvalue weighted by molar-refractivity contribution is 7.45. The summed E-state index contributed by atoms with van der Waals surface area (Å²) >= 11 is 0. The van der Waals surface area contributed by atoms with E-state index in [0.29, 0.717) is 5.92 Å². The van der Waals surface area contributed by atoms with Crippen molar-refractivity contribution in [3.05, 3.63) is 59.7 Å². The van der Waals surface area contributed by atoms with Gasteiger partial charge in [0.2, 0.25) is 0 Å². The molecular weight excluding hydrogens is 419 g/mol. The van der Waals surface area contributed by atoms with Crippen LogP contribution in [-0.4, -0.2) is 59.3 Å². The van der Waals surface area contributed by atoms with Gasteiger partial charge >= 0.3 is 7.82 Å². The predicted molar refractivity (Wildman–Crippen MR) is 121 cm³/mol. The van der Waals surface area contributed by atoms with Gasteiger partial charge in [-0.1, -0.05) is 36.4 Å². The number of methoxy groups -OCH3 is 2. The van der Waals surface area contributed by atoms with E-state index in [4.69, 9.17) is 33.7 Å². The molecule has 0 saturated carbocycles. The van der Waals surface area contributed by atoms with Gasteiger partial charge in [0.25, 0.3) is 0 Å². The lowest BCUT2D eigenvalue weighted by Crippen LogP contribution is -2.25. The summed E-state index contributed by atoms with van der Waals surface area (Å²) in [5.74, 6) is 3.33. The maximum absolute atomic E-state index is 8.88. The Morgan fingerprint density at radius 3 is 2.29 bits per heavy atom. The Morgan fingerprint density at radius 1 is 1.06 bits per heavy atom. The van der Waals surface area contributed by atoms with Crippen molar-refractivity contribution in [3.63, 3.8) is 0 Å². The van der Waals surface area contributed by atoms with Gasteiger partial charge in [0, 0.05) is 32.0 Å². The van der Waals surface area contributed by atoms with Gasteiger partial charge in [-0.05, 0) is 36.6 Å². The summed E-state index contributed by atoms with van der Waals surface area (Å²) < 4.78 is 19.6. The van der Waals surface area contributed by atoms with E-state index in [1.54, 1.807) is 14.2 Å². The molecule has 1 heterocycles. The molecule has 1 aliphatic heterocycles. The second-order valence-corrected chi connectivity index (χ2v) is 8.13. The highest BCUT2D eigenvalue weighted by Gasteiger charge is 2.27. The Morgan fingerprint density at radius 2 is 1.71 bits per heavy atom. The standard InChI is InChI=1S/C22H28N2O2.H3O4P/c1-4-24-16-19(18-8-6-5-7-9-18)15-22(24)23-13-12-17-10-11-20(25-2)21(14-17)26-3;1-5(2,3)4/h5-11,14,19H,4,12-13,15-16H2,1-3H3;(H3,1,2,3,4). The molecule has 170 valence electrons. The maximum Gasteiger partial charge on any atom is 0.466 e. The molecule has 8 nitrogen and oxygen atoms in total. The zero-order valence-electron chi connectivity index (χ0n) is 18.1. The van der Waals surface area contributed by atoms with Crippen LogP contribution in [0.1, 0.15) is 30.4 Å². The average Bonchev–Trinajstić information content (AvgIpc) is 3.16. The first-order valence-corrected chi connectivity index (χ1v) is 11.6. The van der Waals surface area contributed by atoms with Crippen LogP contribution in [0.15, 0.2) is 53.5 Å². The van der Waals surface area contributed by atoms with Crippen molar-refractivity contribution in [2.24, 2.45) is 4.99 Å². The fourth-order valence-corrected chi connectivity index (χ4v) is 3.56. The van der Waals surface area contributed by atoms with Gasteiger partial charge in [0.1, 0.15) is 0 Å². The molecule has 0 aliphatic carbocycles. The molecule has 1 unspecified atom stereocenters. The average molecular weight is 450 g/mol. The van der Waals surface area contributed by atoms with Gasteiger partial charge in [-0.25, -0.2) is 4.57 Å². The molecule has 2 aromatic carbocycles. The first-order chi connectivity index (χ1) is 14.7. The number of phosphoric acid groups is 1. The fourth-order valence-electron chi connectivity index (χ4n) is 3.56. The summed E-state index contributed by atoms with van der Waals surface area (Å²) in [6.07, 6.45) is 1.93. The second-order valence-electron chi connectivity index (χ2n) is 7.10. The summed E-state index contributed by atoms with van der Waals surface area (Å²) in [6, 6.07) is 16.9. The Hall–Kier alpha value is -2.38. The summed E-state index contributed by atoms with van der Waals surface area (Å²) in [5, 5.41) is 0. The smallest absolute Gasteiger partial charge is 0.466 e. The van der Waals surface area contributed by atoms with E-state index in [0.717, 1.165) is 44.0 Å². The van der Waals surface area contributed by atoms with E-state index in [2.05, 4.69) is 48.2 Å². The van der Waals surface area contributed by atoms with Crippen LogP contribution in [-0.2, 0) is 11.0 Å². The van der Waals surface area contributed by atoms with Crippen LogP contribution >= 0.6 is 7.82 Å². The number of hydrogen-bond acceptors (Lipinski definition) is 4. The summed E-state index contributed by atoms with van der Waals surface area (Å²) in [7, 11) is -1.31. The SMILES string of the molecule is CCN1CC(c2ccccc2)CC1=NCCc1ccc(OC)c(OC)c1.O=P(O)(O)O. The molecule has 3 N–H and O–H groups in total. The van der Waals surface area contributed by atoms with Crippen LogP contribution in [0.5, 0.6) is 11.5 Å². The van der Waals surface area contributed by atoms with Crippen LogP contribution in [0.2, 0.25) is 0 Å². The third-order valence-corrected chi connectivity index (χ3v) is 5.03. The number of aliphatic imine (C=N–C) groups is 1. The molecule has 1 atom stereocenters. The number of likely N-dealkylation sites (tertiary alicyclic amines) is 1. The molecule has 2 aromatic rings. The molecule has 0 aromatic heterocycles. The molecule has 3 rings (SSSR count). The normalized spacial score (nSPS) is 17.3. The Balaban J connectivity index is 0.000000614. The van der Waals surface area contributed by atoms with E-state index in [9.17, 15) is 0 Å². The summed E-state index contributed by atoms with van der Waals surface area (Å²) in [4.78, 5) is 28.9. The molecule has 1 fully saturated rings. The van der Waals surface area contributed by atoms with E-state index < -0.39 is 7.82 Å². The number of nitrogens with zero attached hydrogens (tertiary/aromatic N) is 2. The van der Waals surface area contributed by atoms with Crippen LogP contribution in [0.4, 0.5) is 0 Å². The minimum atomic E-state index is -4.64. The molecule has 31 heavy (non-hydrogen) atoms. The number of rotatable bonds is 7. The number of ether oxygens (including phenoxy) is 2. The van der Waals surface area contributed by atoms with Crippen molar-refractivity contribution in [2.45, 2.75) is 25.7 Å². The van der Waals surface area contributed by atoms with E-state index in [-0.39, 0.29) is 0 Å². The number of benzene rings is 2. The number of likely N-dealkylation sites (N-methyl/N-ethyl adjacent to an activating group) is 1. The van der Waals surface area contributed by atoms with E-state index in [1.807, 2.05) is 12.1 Å². The first-order valence-electron chi connectivity index (χ1n) is 10.1. The highest BCUT2D eigenvalue weighted by atomic mass is 31.2. The van der Waals surface area contributed by atoms with E-state index >= 15 is 0 Å². The van der Waals surface area contributed by atoms with Crippen LogP contribution in [0.3, 0.4) is 0 Å². The maximum atomic E-state index is 8.88. The third kappa shape index (κ3) is 8.34. The molecule has 1 aliphatic rings. The van der Waals surface area contributed by atoms with Crippen molar-refractivity contribution in [3.8, 4) is 11.5 Å². The van der Waals surface area contributed by atoms with Gasteiger partial charge in [0.15, 0.2) is 11.5 Å². The zero-order valence-corrected chi connectivity index (χ0v) is 19.0. The van der Waals surface area contributed by atoms with E-state index in [1.165, 1.54) is 17.0 Å². The first kappa shape index (κ1) is 24.9. The topological polar surface area (TPSA) is 112 Å². The number of amidine groups is 1. The Labute approximate surface area is 183 Å². The van der Waals surface area contributed by atoms with Crippen LogP contribution in [0, 0.1) is 0 Å². The molecule has 0 radical (unpaired) electrons. The predicted octanol–water partition coefficient (Wildman–Crippen LogP) is 3.23. The van der Waals surface area contributed by atoms with Crippen LogP contribution < -0.4 is 9.47 Å². The quantitative estimate of drug-likeness (QED) is 0.555. The zero-order chi connectivity index (χ0) is 22.9. The van der Waals surface area contributed by atoms with Gasteiger partial charge in [-0.3, -0.25) is 4.99 Å². The molecule has 0 amide bonds. The molecule has 0 spiro atoms. The molecule has 0 bridgehead atoms. The lowest BCUT2D eigenvalue weighted by atomic mass is 9.98. The van der Waals surface area contributed by atoms with Gasteiger partial charge in [0.05, 0.1) is 20.1 Å². The Kier molecular flexibility index (Phi) is 9.52. The summed E-state index contributed by atoms with van der Waals surface area (Å²) in [5.41, 5.74) is 2.63. The van der Waals surface area contributed by atoms with Crippen molar-refractivity contribution in [1.82, 2.24) is 4.90 Å². The third-order valence-electron chi connectivity index (χ3n) is 5.03. The fraction of sp³-hybridized carbons (Fsp3) is 0.409. The molecular formula is C22H31N2O6P. The minimum Gasteiger partial charge on any atom is -0.493 e. The molecule has 1 saturated heterocycles. The van der Waals surface area contributed by atoms with Crippen molar-refractivity contribution < 1.29 is 28.7 Å². The van der Waals surface area contributed by atoms with Gasteiger partial charge in [-0.2, -0.15) is 0 Å². The molecule has 9 heteroatoms.